The van der Waals surface area contributed by atoms with E-state index in [2.05, 4.69) is 15.3 Å². The summed E-state index contributed by atoms with van der Waals surface area (Å²) >= 11 is 6.00. The first-order valence-corrected chi connectivity index (χ1v) is 5.52. The molecule has 0 radical (unpaired) electrons. The first-order valence-electron chi connectivity index (χ1n) is 5.14. The van der Waals surface area contributed by atoms with Crippen LogP contribution in [0, 0.1) is 6.92 Å². The van der Waals surface area contributed by atoms with Crippen molar-refractivity contribution in [3.63, 3.8) is 0 Å². The van der Waals surface area contributed by atoms with Crippen molar-refractivity contribution in [2.45, 2.75) is 25.7 Å². The summed E-state index contributed by atoms with van der Waals surface area (Å²) in [5, 5.41) is 3.30. The molecule has 16 heavy (non-hydrogen) atoms. The molecule has 86 valence electrons. The highest BCUT2D eigenvalue weighted by Gasteiger charge is 2.27. The SMILES string of the molecule is Cc1c(Cl)nc(C2CC2)nc1NCC(N)=O. The first-order chi connectivity index (χ1) is 7.58. The molecule has 1 aliphatic carbocycles. The Morgan fingerprint density at radius 1 is 1.56 bits per heavy atom. The van der Waals surface area contributed by atoms with Crippen LogP contribution >= 0.6 is 11.6 Å². The normalized spacial score (nSPS) is 14.9. The zero-order valence-electron chi connectivity index (χ0n) is 8.96. The molecule has 0 bridgehead atoms. The van der Waals surface area contributed by atoms with Gasteiger partial charge in [0.05, 0.1) is 6.54 Å². The zero-order valence-corrected chi connectivity index (χ0v) is 9.71. The van der Waals surface area contributed by atoms with Gasteiger partial charge in [-0.15, -0.1) is 0 Å². The fraction of sp³-hybridized carbons (Fsp3) is 0.500. The van der Waals surface area contributed by atoms with Crippen LogP contribution in [-0.2, 0) is 4.79 Å². The van der Waals surface area contributed by atoms with Gasteiger partial charge in [-0.25, -0.2) is 9.97 Å². The number of hydrogen-bond donors (Lipinski definition) is 2. The lowest BCUT2D eigenvalue weighted by Gasteiger charge is -2.09. The van der Waals surface area contributed by atoms with Crippen molar-refractivity contribution in [3.8, 4) is 0 Å². The largest absolute Gasteiger partial charge is 0.368 e. The second kappa shape index (κ2) is 4.25. The summed E-state index contributed by atoms with van der Waals surface area (Å²) < 4.78 is 0. The predicted molar refractivity (Wildman–Crippen MR) is 61.4 cm³/mol. The Hall–Kier alpha value is -1.36. The molecule has 1 heterocycles. The van der Waals surface area contributed by atoms with Crippen molar-refractivity contribution in [1.82, 2.24) is 9.97 Å². The zero-order chi connectivity index (χ0) is 11.7. The second-order valence-corrected chi connectivity index (χ2v) is 4.30. The number of aromatic nitrogens is 2. The minimum atomic E-state index is -0.429. The molecule has 3 N–H and O–H groups in total. The summed E-state index contributed by atoms with van der Waals surface area (Å²) in [5.41, 5.74) is 5.80. The molecule has 1 amide bonds. The summed E-state index contributed by atoms with van der Waals surface area (Å²) in [7, 11) is 0. The van der Waals surface area contributed by atoms with Crippen LogP contribution in [0.5, 0.6) is 0 Å². The van der Waals surface area contributed by atoms with Crippen LogP contribution in [0.3, 0.4) is 0 Å². The van der Waals surface area contributed by atoms with Gasteiger partial charge in [0, 0.05) is 11.5 Å². The standard InChI is InChI=1S/C10H13ClN4O/c1-5-8(11)14-10(6-2-3-6)15-9(5)13-4-7(12)16/h6H,2-4H2,1H3,(H2,12,16)(H,13,14,15). The maximum absolute atomic E-state index is 10.7. The van der Waals surface area contributed by atoms with E-state index >= 15 is 0 Å². The van der Waals surface area contributed by atoms with E-state index in [1.54, 1.807) is 0 Å². The highest BCUT2D eigenvalue weighted by molar-refractivity contribution is 6.30. The van der Waals surface area contributed by atoms with E-state index in [1.807, 2.05) is 6.92 Å². The molecule has 1 aliphatic rings. The number of amides is 1. The van der Waals surface area contributed by atoms with Crippen molar-refractivity contribution in [3.05, 3.63) is 16.5 Å². The van der Waals surface area contributed by atoms with Crippen LogP contribution in [0.15, 0.2) is 0 Å². The number of nitrogens with one attached hydrogen (secondary N) is 1. The molecule has 1 fully saturated rings. The van der Waals surface area contributed by atoms with Crippen molar-refractivity contribution < 1.29 is 4.79 Å². The van der Waals surface area contributed by atoms with E-state index in [-0.39, 0.29) is 6.54 Å². The fourth-order valence-corrected chi connectivity index (χ4v) is 1.55. The van der Waals surface area contributed by atoms with Crippen LogP contribution in [0.4, 0.5) is 5.82 Å². The summed E-state index contributed by atoms with van der Waals surface area (Å²) in [6, 6.07) is 0. The molecule has 6 heteroatoms. The Balaban J connectivity index is 2.23. The third-order valence-corrected chi connectivity index (χ3v) is 2.84. The third kappa shape index (κ3) is 2.41. The molecule has 1 saturated carbocycles. The van der Waals surface area contributed by atoms with Gasteiger partial charge in [0.25, 0.3) is 0 Å². The third-order valence-electron chi connectivity index (χ3n) is 2.48. The van der Waals surface area contributed by atoms with Crippen molar-refractivity contribution in [2.24, 2.45) is 5.73 Å². The molecule has 0 aromatic carbocycles. The Kier molecular flexibility index (Phi) is 2.96. The molecule has 0 atom stereocenters. The monoisotopic (exact) mass is 240 g/mol. The van der Waals surface area contributed by atoms with Gasteiger partial charge in [-0.05, 0) is 19.8 Å². The number of nitrogens with two attached hydrogens (primary N) is 1. The summed E-state index contributed by atoms with van der Waals surface area (Å²) in [5.74, 6) is 1.35. The van der Waals surface area contributed by atoms with E-state index in [9.17, 15) is 4.79 Å². The van der Waals surface area contributed by atoms with Gasteiger partial charge in [0.1, 0.15) is 16.8 Å². The Morgan fingerprint density at radius 2 is 2.25 bits per heavy atom. The minimum Gasteiger partial charge on any atom is -0.368 e. The second-order valence-electron chi connectivity index (χ2n) is 3.94. The number of hydrogen-bond acceptors (Lipinski definition) is 4. The number of anilines is 1. The highest BCUT2D eigenvalue weighted by Crippen LogP contribution is 2.39. The molecule has 5 nitrogen and oxygen atoms in total. The van der Waals surface area contributed by atoms with Crippen molar-refractivity contribution in [1.29, 1.82) is 0 Å². The first kappa shape index (κ1) is 11.1. The van der Waals surface area contributed by atoms with E-state index in [0.717, 1.165) is 24.2 Å². The molecule has 1 aromatic heterocycles. The highest BCUT2D eigenvalue weighted by atomic mass is 35.5. The number of carbonyl (C=O) groups excluding carboxylic acids is 1. The number of halogens is 1. The summed E-state index contributed by atoms with van der Waals surface area (Å²) in [6.45, 7) is 1.86. The van der Waals surface area contributed by atoms with Crippen LogP contribution in [0.25, 0.3) is 0 Å². The van der Waals surface area contributed by atoms with E-state index in [0.29, 0.717) is 16.9 Å². The van der Waals surface area contributed by atoms with Gasteiger partial charge >= 0.3 is 0 Å². The van der Waals surface area contributed by atoms with Gasteiger partial charge in [-0.3, -0.25) is 4.79 Å². The summed E-state index contributed by atoms with van der Waals surface area (Å²) in [6.07, 6.45) is 2.21. The smallest absolute Gasteiger partial charge is 0.236 e. The topological polar surface area (TPSA) is 80.9 Å². The van der Waals surface area contributed by atoms with Gasteiger partial charge < -0.3 is 11.1 Å². The van der Waals surface area contributed by atoms with E-state index in [4.69, 9.17) is 17.3 Å². The molecule has 0 unspecified atom stereocenters. The molecule has 1 aromatic rings. The maximum Gasteiger partial charge on any atom is 0.236 e. The van der Waals surface area contributed by atoms with Crippen LogP contribution in [0.1, 0.15) is 30.1 Å². The lowest BCUT2D eigenvalue weighted by Crippen LogP contribution is -2.23. The molecule has 0 spiro atoms. The van der Waals surface area contributed by atoms with Crippen molar-refractivity contribution in [2.75, 3.05) is 11.9 Å². The number of rotatable bonds is 4. The minimum absolute atomic E-state index is 0.0539. The predicted octanol–water partition coefficient (Wildman–Crippen LogP) is 1.21. The van der Waals surface area contributed by atoms with Crippen molar-refractivity contribution >= 4 is 23.3 Å². The Labute approximate surface area is 98.4 Å². The lowest BCUT2D eigenvalue weighted by molar-refractivity contribution is -0.116. The van der Waals surface area contributed by atoms with Crippen LogP contribution < -0.4 is 11.1 Å². The molecule has 0 saturated heterocycles. The Morgan fingerprint density at radius 3 is 2.81 bits per heavy atom. The molecular formula is C10H13ClN4O. The van der Waals surface area contributed by atoms with E-state index in [1.165, 1.54) is 0 Å². The van der Waals surface area contributed by atoms with Gasteiger partial charge in [-0.2, -0.15) is 0 Å². The number of primary amides is 1. The van der Waals surface area contributed by atoms with Gasteiger partial charge in [0.2, 0.25) is 5.91 Å². The van der Waals surface area contributed by atoms with Gasteiger partial charge in [-0.1, -0.05) is 11.6 Å². The van der Waals surface area contributed by atoms with E-state index < -0.39 is 5.91 Å². The average Bonchev–Trinajstić information content (AvgIpc) is 3.03. The van der Waals surface area contributed by atoms with Crippen LogP contribution in [-0.4, -0.2) is 22.4 Å². The molecular weight excluding hydrogens is 228 g/mol. The molecule has 2 rings (SSSR count). The van der Waals surface area contributed by atoms with Crippen LogP contribution in [0.2, 0.25) is 5.15 Å². The summed E-state index contributed by atoms with van der Waals surface area (Å²) in [4.78, 5) is 19.3. The average molecular weight is 241 g/mol. The fourth-order valence-electron chi connectivity index (χ4n) is 1.37. The lowest BCUT2D eigenvalue weighted by atomic mass is 10.3. The van der Waals surface area contributed by atoms with Gasteiger partial charge in [0.15, 0.2) is 0 Å². The number of nitrogens with zero attached hydrogens (tertiary/aromatic N) is 2. The number of carbonyl (C=O) groups is 1. The Bertz CT molecular complexity index is 431. The maximum atomic E-state index is 10.7. The quantitative estimate of drug-likeness (QED) is 0.776. The molecule has 0 aliphatic heterocycles.